The van der Waals surface area contributed by atoms with Crippen LogP contribution in [-0.2, 0) is 6.54 Å². The van der Waals surface area contributed by atoms with Crippen LogP contribution in [-0.4, -0.2) is 27.3 Å². The van der Waals surface area contributed by atoms with Crippen molar-refractivity contribution in [3.05, 3.63) is 72.2 Å². The molecule has 3 N–H and O–H groups in total. The largest absolute Gasteiger partial charge is 0.394 e. The molecular weight excluding hydrogens is 314 g/mol. The van der Waals surface area contributed by atoms with E-state index in [4.69, 9.17) is 15.8 Å². The number of aliphatic imine (C=N–C) groups is 1. The summed E-state index contributed by atoms with van der Waals surface area (Å²) in [5.74, 6) is 1.25. The van der Waals surface area contributed by atoms with Crippen LogP contribution in [0.2, 0.25) is 0 Å². The van der Waals surface area contributed by atoms with E-state index >= 15 is 0 Å². The highest BCUT2D eigenvalue weighted by atomic mass is 16.3. The Morgan fingerprint density at radius 1 is 1.12 bits per heavy atom. The third kappa shape index (κ3) is 2.72. The summed E-state index contributed by atoms with van der Waals surface area (Å²) in [6, 6.07) is 16.2. The second-order valence-electron chi connectivity index (χ2n) is 5.72. The molecule has 0 aliphatic carbocycles. The van der Waals surface area contributed by atoms with E-state index in [1.54, 1.807) is 10.9 Å². The summed E-state index contributed by atoms with van der Waals surface area (Å²) in [5.41, 5.74) is 9.89. The fraction of sp³-hybridized carbons (Fsp3) is 0.105. The van der Waals surface area contributed by atoms with Gasteiger partial charge in [0.2, 0.25) is 5.69 Å². The van der Waals surface area contributed by atoms with E-state index in [-0.39, 0.29) is 6.61 Å². The number of nitrogen functional groups attached to an aromatic ring is 1. The number of allylic oxidation sites excluding steroid dienone is 1. The predicted octanol–water partition coefficient (Wildman–Crippen LogP) is 1.88. The fourth-order valence-electron chi connectivity index (χ4n) is 2.91. The summed E-state index contributed by atoms with van der Waals surface area (Å²) in [7, 11) is 0. The number of aliphatic hydroxyl groups is 1. The Morgan fingerprint density at radius 2 is 1.92 bits per heavy atom. The molecule has 1 aliphatic heterocycles. The average molecular weight is 332 g/mol. The van der Waals surface area contributed by atoms with Crippen molar-refractivity contribution < 1.29 is 9.67 Å². The summed E-state index contributed by atoms with van der Waals surface area (Å²) in [4.78, 5) is 4.78. The maximum absolute atomic E-state index is 9.09. The number of anilines is 1. The second-order valence-corrected chi connectivity index (χ2v) is 5.72. The summed E-state index contributed by atoms with van der Waals surface area (Å²) in [6.45, 7) is 0.330. The second kappa shape index (κ2) is 6.33. The molecule has 124 valence electrons. The van der Waals surface area contributed by atoms with Gasteiger partial charge < -0.3 is 10.8 Å². The Morgan fingerprint density at radius 3 is 2.72 bits per heavy atom. The number of hydrogen-bond donors (Lipinski definition) is 2. The number of pyridine rings is 1. The first kappa shape index (κ1) is 15.3. The van der Waals surface area contributed by atoms with E-state index in [0.29, 0.717) is 18.1 Å². The van der Waals surface area contributed by atoms with E-state index < -0.39 is 0 Å². The summed E-state index contributed by atoms with van der Waals surface area (Å²) in [5, 5.41) is 13.3. The molecule has 6 heteroatoms. The number of nitrogens with zero attached hydrogens (tertiary/aromatic N) is 4. The van der Waals surface area contributed by atoms with Crippen LogP contribution in [0.15, 0.2) is 65.9 Å². The van der Waals surface area contributed by atoms with Crippen LogP contribution in [0.25, 0.3) is 11.6 Å². The zero-order valence-corrected chi connectivity index (χ0v) is 13.6. The van der Waals surface area contributed by atoms with Crippen LogP contribution < -0.4 is 10.3 Å². The third-order valence-corrected chi connectivity index (χ3v) is 4.14. The molecule has 2 aromatic heterocycles. The molecule has 0 fully saturated rings. The number of hydrogen-bond acceptors (Lipinski definition) is 4. The highest BCUT2D eigenvalue weighted by Crippen LogP contribution is 2.27. The lowest BCUT2D eigenvalue weighted by Crippen LogP contribution is -2.42. The monoisotopic (exact) mass is 332 g/mol. The van der Waals surface area contributed by atoms with Gasteiger partial charge in [-0.2, -0.15) is 9.67 Å². The molecule has 6 nitrogen and oxygen atoms in total. The van der Waals surface area contributed by atoms with Gasteiger partial charge in [0.05, 0.1) is 24.9 Å². The number of fused-ring (bicyclic) bond motifs is 1. The fourth-order valence-corrected chi connectivity index (χ4v) is 2.91. The lowest BCUT2D eigenvalue weighted by atomic mass is 10.1. The molecule has 0 bridgehead atoms. The van der Waals surface area contributed by atoms with Crippen LogP contribution in [0, 0.1) is 0 Å². The minimum atomic E-state index is -0.0192. The molecule has 0 saturated heterocycles. The van der Waals surface area contributed by atoms with E-state index in [1.807, 2.05) is 47.2 Å². The van der Waals surface area contributed by atoms with Gasteiger partial charge >= 0.3 is 5.84 Å². The van der Waals surface area contributed by atoms with Crippen molar-refractivity contribution >= 4 is 29.0 Å². The first-order valence-electron chi connectivity index (χ1n) is 8.07. The van der Waals surface area contributed by atoms with Crippen molar-refractivity contribution in [3.63, 3.8) is 0 Å². The van der Waals surface area contributed by atoms with Crippen molar-refractivity contribution in [2.45, 2.75) is 6.54 Å². The molecule has 4 rings (SSSR count). The van der Waals surface area contributed by atoms with Gasteiger partial charge in [-0.25, -0.2) is 4.68 Å². The standard InChI is InChI=1S/C19H17N5O/c20-18-17(13-21-24(18)10-11-25)22-19-16(14-6-2-1-3-7-14)12-15-8-4-5-9-23(15)19/h1-9,12-13,20,25H,10-11H2/p+1. The first-order valence-corrected chi connectivity index (χ1v) is 8.07. The number of nitrogens with two attached hydrogens (primary N) is 1. The van der Waals surface area contributed by atoms with Gasteiger partial charge in [0.15, 0.2) is 5.82 Å². The number of rotatable bonds is 4. The molecule has 0 atom stereocenters. The molecule has 0 amide bonds. The zero-order chi connectivity index (χ0) is 17.2. The Hall–Kier alpha value is -3.25. The highest BCUT2D eigenvalue weighted by Gasteiger charge is 2.30. The SMILES string of the molecule is Nc1c(/N=C2/C(c3ccccc3)=Cc3cccc[n+]32)cnn1CCO. The van der Waals surface area contributed by atoms with E-state index in [9.17, 15) is 0 Å². The maximum Gasteiger partial charge on any atom is 0.337 e. The first-order chi connectivity index (χ1) is 12.3. The topological polar surface area (TPSA) is 80.3 Å². The van der Waals surface area contributed by atoms with Gasteiger partial charge in [0.1, 0.15) is 11.9 Å². The predicted molar refractivity (Wildman–Crippen MR) is 97.2 cm³/mol. The van der Waals surface area contributed by atoms with Crippen molar-refractivity contribution in [1.82, 2.24) is 9.78 Å². The molecule has 3 aromatic rings. The van der Waals surface area contributed by atoms with Crippen LogP contribution in [0.3, 0.4) is 0 Å². The molecule has 1 aliphatic rings. The third-order valence-electron chi connectivity index (χ3n) is 4.14. The van der Waals surface area contributed by atoms with E-state index in [0.717, 1.165) is 22.7 Å². The number of aliphatic hydroxyl groups excluding tert-OH is 1. The van der Waals surface area contributed by atoms with E-state index in [2.05, 4.69) is 23.3 Å². The minimum absolute atomic E-state index is 0.0192. The Bertz CT molecular complexity index is 972. The maximum atomic E-state index is 9.09. The van der Waals surface area contributed by atoms with Gasteiger partial charge in [-0.15, -0.1) is 0 Å². The summed E-state index contributed by atoms with van der Waals surface area (Å²) >= 11 is 0. The molecule has 1 aromatic carbocycles. The van der Waals surface area contributed by atoms with Crippen LogP contribution in [0.4, 0.5) is 11.5 Å². The minimum Gasteiger partial charge on any atom is -0.394 e. The Labute approximate surface area is 145 Å². The smallest absolute Gasteiger partial charge is 0.337 e. The lowest BCUT2D eigenvalue weighted by molar-refractivity contribution is -0.552. The van der Waals surface area contributed by atoms with Crippen molar-refractivity contribution in [1.29, 1.82) is 0 Å². The van der Waals surface area contributed by atoms with Crippen molar-refractivity contribution in [3.8, 4) is 0 Å². The van der Waals surface area contributed by atoms with Gasteiger partial charge in [0.25, 0.3) is 0 Å². The van der Waals surface area contributed by atoms with Gasteiger partial charge in [-0.3, -0.25) is 0 Å². The lowest BCUT2D eigenvalue weighted by Gasteiger charge is -2.01. The molecular formula is C19H18N5O+. The molecule has 25 heavy (non-hydrogen) atoms. The van der Waals surface area contributed by atoms with Gasteiger partial charge in [-0.05, 0) is 22.7 Å². The molecule has 0 saturated carbocycles. The number of aromatic nitrogens is 3. The molecule has 3 heterocycles. The summed E-state index contributed by atoms with van der Waals surface area (Å²) < 4.78 is 3.59. The molecule has 0 spiro atoms. The van der Waals surface area contributed by atoms with Gasteiger partial charge in [-0.1, -0.05) is 36.4 Å². The van der Waals surface area contributed by atoms with Gasteiger partial charge in [0, 0.05) is 6.08 Å². The Balaban J connectivity index is 1.84. The number of benzene rings is 1. The quantitative estimate of drug-likeness (QED) is 0.716. The molecule has 0 unspecified atom stereocenters. The normalized spacial score (nSPS) is 14.6. The van der Waals surface area contributed by atoms with E-state index in [1.165, 1.54) is 0 Å². The van der Waals surface area contributed by atoms with Crippen LogP contribution in [0.1, 0.15) is 11.3 Å². The van der Waals surface area contributed by atoms with Crippen LogP contribution >= 0.6 is 0 Å². The van der Waals surface area contributed by atoms with Crippen LogP contribution in [0.5, 0.6) is 0 Å². The Kier molecular flexibility index (Phi) is 3.87. The average Bonchev–Trinajstić information content (AvgIpc) is 3.19. The van der Waals surface area contributed by atoms with Crippen molar-refractivity contribution in [2.24, 2.45) is 4.99 Å². The summed E-state index contributed by atoms with van der Waals surface area (Å²) in [6.07, 6.45) is 5.72. The highest BCUT2D eigenvalue weighted by molar-refractivity contribution is 6.25. The van der Waals surface area contributed by atoms with Crippen molar-refractivity contribution in [2.75, 3.05) is 12.3 Å². The molecule has 0 radical (unpaired) electrons. The zero-order valence-electron chi connectivity index (χ0n) is 13.6.